The number of hydrogen-bond donors (Lipinski definition) is 0. The van der Waals surface area contributed by atoms with Crippen LogP contribution in [0.15, 0.2) is 60.8 Å². The van der Waals surface area contributed by atoms with Gasteiger partial charge in [0.25, 0.3) is 0 Å². The maximum Gasteiger partial charge on any atom is 0.178 e. The first kappa shape index (κ1) is 16.4. The van der Waals surface area contributed by atoms with Crippen molar-refractivity contribution in [3.63, 3.8) is 0 Å². The van der Waals surface area contributed by atoms with Gasteiger partial charge in [-0.25, -0.2) is 15.0 Å². The normalized spacial score (nSPS) is 11.0. The topological polar surface area (TPSA) is 38.7 Å². The first-order valence-corrected chi connectivity index (χ1v) is 8.85. The van der Waals surface area contributed by atoms with Crippen LogP contribution >= 0.6 is 0 Å². The second kappa shape index (κ2) is 6.68. The Kier molecular flexibility index (Phi) is 4.21. The molecule has 0 radical (unpaired) electrons. The number of para-hydroxylation sites is 1. The van der Waals surface area contributed by atoms with Gasteiger partial charge in [-0.15, -0.1) is 0 Å². The van der Waals surface area contributed by atoms with E-state index in [1.54, 1.807) is 0 Å². The summed E-state index contributed by atoms with van der Waals surface area (Å²) in [5.41, 5.74) is 7.92. The third kappa shape index (κ3) is 3.21. The minimum absolute atomic E-state index is 0.672. The summed E-state index contributed by atoms with van der Waals surface area (Å²) >= 11 is 0. The van der Waals surface area contributed by atoms with E-state index < -0.39 is 0 Å². The highest BCUT2D eigenvalue weighted by Gasteiger charge is 2.10. The van der Waals surface area contributed by atoms with Crippen molar-refractivity contribution < 1.29 is 0 Å². The van der Waals surface area contributed by atoms with Crippen molar-refractivity contribution in [2.45, 2.75) is 27.2 Å². The van der Waals surface area contributed by atoms with Gasteiger partial charge < -0.3 is 0 Å². The smallest absolute Gasteiger partial charge is 0.178 e. The Balaban J connectivity index is 1.74. The molecular formula is C23H21N3. The largest absolute Gasteiger partial charge is 0.249 e. The Labute approximate surface area is 153 Å². The lowest BCUT2D eigenvalue weighted by atomic mass is 9.99. The van der Waals surface area contributed by atoms with Gasteiger partial charge in [-0.2, -0.15) is 0 Å². The predicted molar refractivity (Wildman–Crippen MR) is 106 cm³/mol. The first-order chi connectivity index (χ1) is 12.6. The average molecular weight is 339 g/mol. The minimum Gasteiger partial charge on any atom is -0.249 e. The van der Waals surface area contributed by atoms with Crippen LogP contribution < -0.4 is 0 Å². The standard InChI is InChI=1S/C23H21N3/c1-15-8-9-16(2)19(12-15)13-22-17(3)10-11-21(25-22)23-24-14-18-6-4-5-7-20(18)26-23/h4-12,14H,13H2,1-3H3. The number of aryl methyl sites for hydroxylation is 3. The number of aromatic nitrogens is 3. The minimum atomic E-state index is 0.672. The summed E-state index contributed by atoms with van der Waals surface area (Å²) in [6, 6.07) is 18.7. The number of fused-ring (bicyclic) bond motifs is 1. The Morgan fingerprint density at radius 1 is 0.808 bits per heavy atom. The van der Waals surface area contributed by atoms with E-state index in [-0.39, 0.29) is 0 Å². The fraction of sp³-hybridized carbons (Fsp3) is 0.174. The molecular weight excluding hydrogens is 318 g/mol. The highest BCUT2D eigenvalue weighted by atomic mass is 14.9. The maximum absolute atomic E-state index is 4.89. The van der Waals surface area contributed by atoms with Gasteiger partial charge in [0.15, 0.2) is 5.82 Å². The molecule has 128 valence electrons. The molecule has 0 aliphatic rings. The molecule has 2 aromatic carbocycles. The third-order valence-corrected chi connectivity index (χ3v) is 4.78. The molecule has 0 saturated carbocycles. The summed E-state index contributed by atoms with van der Waals surface area (Å²) < 4.78 is 0. The molecule has 4 rings (SSSR count). The monoisotopic (exact) mass is 339 g/mol. The van der Waals surface area contributed by atoms with Gasteiger partial charge in [0.05, 0.1) is 5.52 Å². The molecule has 0 spiro atoms. The fourth-order valence-electron chi connectivity index (χ4n) is 3.14. The van der Waals surface area contributed by atoms with Gasteiger partial charge in [-0.05, 0) is 49.6 Å². The number of hydrogen-bond acceptors (Lipinski definition) is 3. The molecule has 0 bridgehead atoms. The number of benzene rings is 2. The first-order valence-electron chi connectivity index (χ1n) is 8.85. The van der Waals surface area contributed by atoms with E-state index in [2.05, 4.69) is 55.0 Å². The zero-order chi connectivity index (χ0) is 18.1. The van der Waals surface area contributed by atoms with Crippen LogP contribution in [0.5, 0.6) is 0 Å². The van der Waals surface area contributed by atoms with Crippen molar-refractivity contribution >= 4 is 10.9 Å². The van der Waals surface area contributed by atoms with Crippen LogP contribution in [0, 0.1) is 20.8 Å². The van der Waals surface area contributed by atoms with E-state index in [4.69, 9.17) is 4.98 Å². The van der Waals surface area contributed by atoms with Crippen LogP contribution in [0.3, 0.4) is 0 Å². The molecule has 0 unspecified atom stereocenters. The van der Waals surface area contributed by atoms with Gasteiger partial charge in [-0.1, -0.05) is 48.0 Å². The van der Waals surface area contributed by atoms with Crippen molar-refractivity contribution in [2.24, 2.45) is 0 Å². The highest BCUT2D eigenvalue weighted by molar-refractivity contribution is 5.79. The van der Waals surface area contributed by atoms with Crippen molar-refractivity contribution in [1.82, 2.24) is 15.0 Å². The van der Waals surface area contributed by atoms with Gasteiger partial charge in [-0.3, -0.25) is 0 Å². The molecule has 0 aliphatic carbocycles. The Hall–Kier alpha value is -3.07. The molecule has 0 aliphatic heterocycles. The van der Waals surface area contributed by atoms with Crippen LogP contribution in [-0.4, -0.2) is 15.0 Å². The van der Waals surface area contributed by atoms with E-state index in [0.717, 1.165) is 28.7 Å². The van der Waals surface area contributed by atoms with Crippen molar-refractivity contribution in [3.05, 3.63) is 88.7 Å². The summed E-state index contributed by atoms with van der Waals surface area (Å²) in [6.45, 7) is 6.39. The Morgan fingerprint density at radius 2 is 1.62 bits per heavy atom. The van der Waals surface area contributed by atoms with E-state index >= 15 is 0 Å². The Bertz CT molecular complexity index is 1100. The predicted octanol–water partition coefficient (Wildman–Crippen LogP) is 5.21. The van der Waals surface area contributed by atoms with Gasteiger partial charge >= 0.3 is 0 Å². The zero-order valence-electron chi connectivity index (χ0n) is 15.3. The van der Waals surface area contributed by atoms with Gasteiger partial charge in [0, 0.05) is 23.7 Å². The lowest BCUT2D eigenvalue weighted by Crippen LogP contribution is -2.01. The van der Waals surface area contributed by atoms with Crippen molar-refractivity contribution in [3.8, 4) is 11.5 Å². The third-order valence-electron chi connectivity index (χ3n) is 4.78. The van der Waals surface area contributed by atoms with Crippen LogP contribution in [0.25, 0.3) is 22.4 Å². The summed E-state index contributed by atoms with van der Waals surface area (Å²) in [4.78, 5) is 14.1. The summed E-state index contributed by atoms with van der Waals surface area (Å²) in [5.74, 6) is 0.672. The number of rotatable bonds is 3. The quantitative estimate of drug-likeness (QED) is 0.514. The molecule has 0 fully saturated rings. The lowest BCUT2D eigenvalue weighted by Gasteiger charge is -2.11. The van der Waals surface area contributed by atoms with Crippen molar-refractivity contribution in [2.75, 3.05) is 0 Å². The molecule has 3 heteroatoms. The SMILES string of the molecule is Cc1ccc(C)c(Cc2nc(-c3ncc4ccccc4n3)ccc2C)c1. The number of pyridine rings is 1. The summed E-state index contributed by atoms with van der Waals surface area (Å²) in [5, 5.41) is 1.04. The van der Waals surface area contributed by atoms with Gasteiger partial charge in [0.2, 0.25) is 0 Å². The van der Waals surface area contributed by atoms with Crippen LogP contribution in [0.4, 0.5) is 0 Å². The molecule has 26 heavy (non-hydrogen) atoms. The zero-order valence-corrected chi connectivity index (χ0v) is 15.3. The molecule has 3 nitrogen and oxygen atoms in total. The lowest BCUT2D eigenvalue weighted by molar-refractivity contribution is 1.02. The van der Waals surface area contributed by atoms with Crippen molar-refractivity contribution in [1.29, 1.82) is 0 Å². The molecule has 0 saturated heterocycles. The van der Waals surface area contributed by atoms with Crippen LogP contribution in [0.1, 0.15) is 27.9 Å². The Morgan fingerprint density at radius 3 is 2.50 bits per heavy atom. The summed E-state index contributed by atoms with van der Waals surface area (Å²) in [7, 11) is 0. The van der Waals surface area contributed by atoms with E-state index in [1.165, 1.54) is 22.3 Å². The summed E-state index contributed by atoms with van der Waals surface area (Å²) in [6.07, 6.45) is 2.68. The van der Waals surface area contributed by atoms with E-state index in [0.29, 0.717) is 5.82 Å². The van der Waals surface area contributed by atoms with E-state index in [9.17, 15) is 0 Å². The fourth-order valence-corrected chi connectivity index (χ4v) is 3.14. The molecule has 2 aromatic heterocycles. The average Bonchev–Trinajstić information content (AvgIpc) is 2.66. The second-order valence-electron chi connectivity index (χ2n) is 6.82. The van der Waals surface area contributed by atoms with Gasteiger partial charge in [0.1, 0.15) is 5.69 Å². The van der Waals surface area contributed by atoms with Crippen LogP contribution in [-0.2, 0) is 6.42 Å². The molecule has 0 N–H and O–H groups in total. The molecule has 0 atom stereocenters. The molecule has 2 heterocycles. The highest BCUT2D eigenvalue weighted by Crippen LogP contribution is 2.21. The number of nitrogens with zero attached hydrogens (tertiary/aromatic N) is 3. The molecule has 0 amide bonds. The van der Waals surface area contributed by atoms with Crippen LogP contribution in [0.2, 0.25) is 0 Å². The molecule has 4 aromatic rings. The second-order valence-corrected chi connectivity index (χ2v) is 6.82. The van der Waals surface area contributed by atoms with E-state index in [1.807, 2.05) is 36.5 Å². The maximum atomic E-state index is 4.89.